The topological polar surface area (TPSA) is 40.8 Å². The van der Waals surface area contributed by atoms with Crippen molar-refractivity contribution in [1.82, 2.24) is 4.57 Å². The molecule has 0 aliphatic heterocycles. The lowest BCUT2D eigenvalue weighted by Gasteiger charge is -2.08. The Morgan fingerprint density at radius 2 is 1.84 bits per heavy atom. The van der Waals surface area contributed by atoms with E-state index < -0.39 is 0 Å². The predicted molar refractivity (Wildman–Crippen MR) is 78.7 cm³/mol. The van der Waals surface area contributed by atoms with E-state index >= 15 is 0 Å². The van der Waals surface area contributed by atoms with Gasteiger partial charge in [-0.05, 0) is 36.8 Å². The van der Waals surface area contributed by atoms with E-state index in [9.17, 15) is 0 Å². The summed E-state index contributed by atoms with van der Waals surface area (Å²) in [6, 6.07) is 9.37. The van der Waals surface area contributed by atoms with Crippen LogP contribution in [0.5, 0.6) is 0 Å². The number of aromatic nitrogens is 1. The highest BCUT2D eigenvalue weighted by Gasteiger charge is 2.08. The molecule has 5 heteroatoms. The van der Waals surface area contributed by atoms with Crippen LogP contribution in [0.1, 0.15) is 17.0 Å². The molecule has 0 unspecified atom stereocenters. The molecule has 0 fully saturated rings. The summed E-state index contributed by atoms with van der Waals surface area (Å²) in [6.45, 7) is 2.61. The third-order valence-corrected chi connectivity index (χ3v) is 3.54. The van der Waals surface area contributed by atoms with Gasteiger partial charge in [0.25, 0.3) is 0 Å². The van der Waals surface area contributed by atoms with Crippen LogP contribution < -0.4 is 5.32 Å². The highest BCUT2D eigenvalue weighted by molar-refractivity contribution is 6.35. The van der Waals surface area contributed by atoms with Crippen LogP contribution in [-0.4, -0.2) is 4.57 Å². The molecule has 0 aliphatic rings. The van der Waals surface area contributed by atoms with Crippen LogP contribution in [0.2, 0.25) is 10.0 Å². The highest BCUT2D eigenvalue weighted by atomic mass is 35.5. The van der Waals surface area contributed by atoms with Gasteiger partial charge in [-0.15, -0.1) is 0 Å². The van der Waals surface area contributed by atoms with E-state index in [-0.39, 0.29) is 0 Å². The zero-order valence-corrected chi connectivity index (χ0v) is 12.2. The van der Waals surface area contributed by atoms with Crippen molar-refractivity contribution in [2.24, 2.45) is 7.05 Å². The van der Waals surface area contributed by atoms with Gasteiger partial charge in [0, 0.05) is 35.0 Å². The van der Waals surface area contributed by atoms with Gasteiger partial charge in [-0.2, -0.15) is 5.26 Å². The molecule has 0 spiro atoms. The molecule has 0 atom stereocenters. The van der Waals surface area contributed by atoms with Crippen molar-refractivity contribution in [3.05, 3.63) is 51.3 Å². The first-order chi connectivity index (χ1) is 9.01. The molecule has 98 valence electrons. The van der Waals surface area contributed by atoms with Gasteiger partial charge in [0.1, 0.15) is 11.8 Å². The largest absolute Gasteiger partial charge is 0.381 e. The molecule has 0 bridgehead atoms. The Morgan fingerprint density at radius 3 is 2.37 bits per heavy atom. The van der Waals surface area contributed by atoms with E-state index in [1.165, 1.54) is 0 Å². The number of rotatable bonds is 3. The lowest BCUT2D eigenvalue weighted by Crippen LogP contribution is -2.01. The fourth-order valence-electron chi connectivity index (χ4n) is 1.90. The van der Waals surface area contributed by atoms with Gasteiger partial charge in [0.15, 0.2) is 0 Å². The van der Waals surface area contributed by atoms with Gasteiger partial charge in [0.05, 0.1) is 0 Å². The van der Waals surface area contributed by atoms with E-state index in [1.54, 1.807) is 6.07 Å². The molecule has 0 saturated carbocycles. The van der Waals surface area contributed by atoms with E-state index in [0.717, 1.165) is 16.9 Å². The van der Waals surface area contributed by atoms with Crippen LogP contribution in [0.3, 0.4) is 0 Å². The van der Waals surface area contributed by atoms with Gasteiger partial charge in [0.2, 0.25) is 0 Å². The maximum atomic E-state index is 8.99. The van der Waals surface area contributed by atoms with Gasteiger partial charge < -0.3 is 9.88 Å². The van der Waals surface area contributed by atoms with Crippen molar-refractivity contribution in [3.8, 4) is 6.07 Å². The smallest absolute Gasteiger partial charge is 0.120 e. The maximum absolute atomic E-state index is 8.99. The normalized spacial score (nSPS) is 10.3. The van der Waals surface area contributed by atoms with Crippen molar-refractivity contribution in [2.45, 2.75) is 13.5 Å². The Labute approximate surface area is 122 Å². The summed E-state index contributed by atoms with van der Waals surface area (Å²) < 4.78 is 1.88. The molecule has 1 heterocycles. The number of hydrogen-bond donors (Lipinski definition) is 1. The maximum Gasteiger partial charge on any atom is 0.120 e. The SMILES string of the molecule is Cc1c(CNc2cc(Cl)cc(Cl)c2)cc(C#N)n1C. The van der Waals surface area contributed by atoms with Crippen molar-refractivity contribution in [3.63, 3.8) is 0 Å². The Balaban J connectivity index is 2.17. The minimum atomic E-state index is 0.595. The molecule has 3 nitrogen and oxygen atoms in total. The van der Waals surface area contributed by atoms with E-state index in [4.69, 9.17) is 28.5 Å². The second kappa shape index (κ2) is 5.56. The van der Waals surface area contributed by atoms with Crippen LogP contribution >= 0.6 is 23.2 Å². The summed E-state index contributed by atoms with van der Waals surface area (Å²) in [5.41, 5.74) is 3.66. The monoisotopic (exact) mass is 293 g/mol. The van der Waals surface area contributed by atoms with Gasteiger partial charge in [-0.25, -0.2) is 0 Å². The molecular weight excluding hydrogens is 281 g/mol. The summed E-state index contributed by atoms with van der Waals surface area (Å²) in [7, 11) is 1.88. The van der Waals surface area contributed by atoms with Crippen LogP contribution in [0.15, 0.2) is 24.3 Å². The van der Waals surface area contributed by atoms with E-state index in [2.05, 4.69) is 11.4 Å². The molecule has 0 radical (unpaired) electrons. The fourth-order valence-corrected chi connectivity index (χ4v) is 2.43. The van der Waals surface area contributed by atoms with Crippen molar-refractivity contribution in [2.75, 3.05) is 5.32 Å². The fraction of sp³-hybridized carbons (Fsp3) is 0.214. The van der Waals surface area contributed by atoms with Crippen LogP contribution in [-0.2, 0) is 13.6 Å². The number of anilines is 1. The molecule has 0 aliphatic carbocycles. The second-order valence-electron chi connectivity index (χ2n) is 4.32. The Bertz CT molecular complexity index is 633. The third-order valence-electron chi connectivity index (χ3n) is 3.10. The van der Waals surface area contributed by atoms with Gasteiger partial charge in [-0.3, -0.25) is 0 Å². The molecule has 1 aromatic heterocycles. The molecular formula is C14H13Cl2N3. The standard InChI is InChI=1S/C14H13Cl2N3/c1-9-10(3-14(7-17)19(9)2)8-18-13-5-11(15)4-12(16)6-13/h3-6,18H,8H2,1-2H3. The number of hydrogen-bond acceptors (Lipinski definition) is 2. The Morgan fingerprint density at radius 1 is 1.21 bits per heavy atom. The third kappa shape index (κ3) is 3.04. The highest BCUT2D eigenvalue weighted by Crippen LogP contribution is 2.23. The molecule has 1 N–H and O–H groups in total. The number of nitriles is 1. The second-order valence-corrected chi connectivity index (χ2v) is 5.20. The van der Waals surface area contributed by atoms with Crippen molar-refractivity contribution in [1.29, 1.82) is 5.26 Å². The summed E-state index contributed by atoms with van der Waals surface area (Å²) in [5, 5.41) is 13.4. The Hall–Kier alpha value is -1.63. The zero-order chi connectivity index (χ0) is 14.0. The summed E-state index contributed by atoms with van der Waals surface area (Å²) in [5.74, 6) is 0. The quantitative estimate of drug-likeness (QED) is 0.925. The lowest BCUT2D eigenvalue weighted by atomic mass is 10.2. The number of nitrogens with one attached hydrogen (secondary N) is 1. The van der Waals surface area contributed by atoms with E-state index in [0.29, 0.717) is 22.3 Å². The summed E-state index contributed by atoms with van der Waals surface area (Å²) in [4.78, 5) is 0. The molecule has 19 heavy (non-hydrogen) atoms. The van der Waals surface area contributed by atoms with Crippen LogP contribution in [0.25, 0.3) is 0 Å². The zero-order valence-electron chi connectivity index (χ0n) is 10.7. The van der Waals surface area contributed by atoms with Crippen molar-refractivity contribution >= 4 is 28.9 Å². The molecule has 2 rings (SSSR count). The van der Waals surface area contributed by atoms with Gasteiger partial charge >= 0.3 is 0 Å². The first-order valence-corrected chi connectivity index (χ1v) is 6.52. The molecule has 0 saturated heterocycles. The Kier molecular flexibility index (Phi) is 4.04. The summed E-state index contributed by atoms with van der Waals surface area (Å²) in [6.07, 6.45) is 0. The molecule has 0 amide bonds. The number of nitrogens with zero attached hydrogens (tertiary/aromatic N) is 2. The summed E-state index contributed by atoms with van der Waals surface area (Å²) >= 11 is 11.9. The first kappa shape index (κ1) is 13.8. The number of benzene rings is 1. The average Bonchev–Trinajstić information content (AvgIpc) is 2.62. The van der Waals surface area contributed by atoms with E-state index in [1.807, 2.05) is 36.7 Å². The first-order valence-electron chi connectivity index (χ1n) is 5.76. The number of halogens is 2. The minimum Gasteiger partial charge on any atom is -0.381 e. The lowest BCUT2D eigenvalue weighted by molar-refractivity contribution is 0.856. The molecule has 1 aromatic carbocycles. The minimum absolute atomic E-state index is 0.595. The van der Waals surface area contributed by atoms with Crippen LogP contribution in [0, 0.1) is 18.3 Å². The average molecular weight is 294 g/mol. The molecule has 2 aromatic rings. The van der Waals surface area contributed by atoms with Gasteiger partial charge in [-0.1, -0.05) is 23.2 Å². The predicted octanol–water partition coefficient (Wildman–Crippen LogP) is 4.12. The van der Waals surface area contributed by atoms with Crippen molar-refractivity contribution < 1.29 is 0 Å². The van der Waals surface area contributed by atoms with Crippen LogP contribution in [0.4, 0.5) is 5.69 Å².